The topological polar surface area (TPSA) is 32.3 Å². The normalized spacial score (nSPS) is 13.5. The van der Waals surface area contributed by atoms with Crippen LogP contribution in [0.1, 0.15) is 29.6 Å². The summed E-state index contributed by atoms with van der Waals surface area (Å²) in [7, 11) is 0. The molecule has 0 amide bonds. The molecule has 2 nitrogen and oxygen atoms in total. The third-order valence-corrected chi connectivity index (χ3v) is 4.39. The molecule has 0 aromatic heterocycles. The van der Waals surface area contributed by atoms with Crippen LogP contribution in [0.5, 0.6) is 0 Å². The molecule has 24 heavy (non-hydrogen) atoms. The van der Waals surface area contributed by atoms with Gasteiger partial charge < -0.3 is 10.4 Å². The first kappa shape index (κ1) is 16.4. The van der Waals surface area contributed by atoms with Crippen LogP contribution in [0, 0.1) is 0 Å². The Morgan fingerprint density at radius 3 is 2.33 bits per heavy atom. The monoisotopic (exact) mass is 317 g/mol. The molecule has 0 spiro atoms. The van der Waals surface area contributed by atoms with Crippen molar-refractivity contribution in [1.29, 1.82) is 0 Å². The van der Waals surface area contributed by atoms with Crippen molar-refractivity contribution in [2.24, 2.45) is 0 Å². The zero-order valence-electron chi connectivity index (χ0n) is 13.7. The van der Waals surface area contributed by atoms with Gasteiger partial charge in [0.2, 0.25) is 0 Å². The van der Waals surface area contributed by atoms with Gasteiger partial charge in [0.15, 0.2) is 0 Å². The average molecular weight is 317 g/mol. The summed E-state index contributed by atoms with van der Waals surface area (Å²) in [5.74, 6) is 0. The zero-order valence-corrected chi connectivity index (χ0v) is 13.7. The number of rotatable bonds is 7. The minimum absolute atomic E-state index is 0.0580. The summed E-state index contributed by atoms with van der Waals surface area (Å²) in [6.45, 7) is 3.97. The lowest BCUT2D eigenvalue weighted by Gasteiger charge is -2.25. The Bertz CT molecular complexity index is 792. The molecule has 2 atom stereocenters. The Kier molecular flexibility index (Phi) is 5.42. The summed E-state index contributed by atoms with van der Waals surface area (Å²) in [6.07, 6.45) is 2.73. The van der Waals surface area contributed by atoms with Crippen molar-refractivity contribution in [2.45, 2.75) is 18.5 Å². The van der Waals surface area contributed by atoms with Gasteiger partial charge in [0.05, 0.1) is 12.6 Å². The third kappa shape index (κ3) is 3.56. The number of nitrogens with one attached hydrogen (secondary N) is 1. The second-order valence-electron chi connectivity index (χ2n) is 5.96. The molecule has 0 fully saturated rings. The molecule has 0 unspecified atom stereocenters. The summed E-state index contributed by atoms with van der Waals surface area (Å²) < 4.78 is 0. The molecule has 122 valence electrons. The maximum atomic E-state index is 9.87. The van der Waals surface area contributed by atoms with Gasteiger partial charge in [-0.15, -0.1) is 6.58 Å². The van der Waals surface area contributed by atoms with E-state index >= 15 is 0 Å². The van der Waals surface area contributed by atoms with Gasteiger partial charge in [-0.2, -0.15) is 0 Å². The van der Waals surface area contributed by atoms with Crippen LogP contribution >= 0.6 is 0 Å². The largest absolute Gasteiger partial charge is 0.394 e. The number of fused-ring (bicyclic) bond motifs is 1. The minimum atomic E-state index is -0.102. The molecule has 2 heteroatoms. The minimum Gasteiger partial charge on any atom is -0.394 e. The summed E-state index contributed by atoms with van der Waals surface area (Å²) in [5.41, 5.74) is 2.33. The van der Waals surface area contributed by atoms with Crippen LogP contribution in [0.15, 0.2) is 85.5 Å². The first-order valence-corrected chi connectivity index (χ1v) is 8.34. The van der Waals surface area contributed by atoms with Gasteiger partial charge in [0.25, 0.3) is 0 Å². The van der Waals surface area contributed by atoms with Gasteiger partial charge in [-0.05, 0) is 28.3 Å². The van der Waals surface area contributed by atoms with Crippen molar-refractivity contribution in [1.82, 2.24) is 5.32 Å². The fourth-order valence-corrected chi connectivity index (χ4v) is 3.19. The summed E-state index contributed by atoms with van der Waals surface area (Å²) in [6, 6.07) is 24.9. The Balaban J connectivity index is 1.95. The molecular formula is C22H23NO. The Morgan fingerprint density at radius 1 is 0.875 bits per heavy atom. The molecule has 2 N–H and O–H groups in total. The van der Waals surface area contributed by atoms with Crippen molar-refractivity contribution >= 4 is 10.8 Å². The van der Waals surface area contributed by atoms with Crippen LogP contribution in [0.25, 0.3) is 10.8 Å². The van der Waals surface area contributed by atoms with Gasteiger partial charge in [0.1, 0.15) is 0 Å². The van der Waals surface area contributed by atoms with Crippen molar-refractivity contribution < 1.29 is 5.11 Å². The maximum absolute atomic E-state index is 9.87. The molecule has 0 bridgehead atoms. The van der Waals surface area contributed by atoms with E-state index in [0.717, 1.165) is 12.0 Å². The molecule has 0 saturated heterocycles. The van der Waals surface area contributed by atoms with E-state index in [1.54, 1.807) is 0 Å². The van der Waals surface area contributed by atoms with Gasteiger partial charge in [0, 0.05) is 6.04 Å². The first-order valence-electron chi connectivity index (χ1n) is 8.34. The third-order valence-electron chi connectivity index (χ3n) is 4.39. The van der Waals surface area contributed by atoms with Gasteiger partial charge in [-0.25, -0.2) is 0 Å². The number of hydrogen-bond acceptors (Lipinski definition) is 2. The number of benzene rings is 3. The number of hydrogen-bond donors (Lipinski definition) is 2. The van der Waals surface area contributed by atoms with Crippen LogP contribution in [0.4, 0.5) is 0 Å². The highest BCUT2D eigenvalue weighted by Gasteiger charge is 2.18. The molecule has 3 aromatic rings. The maximum Gasteiger partial charge on any atom is 0.0626 e. The Hall–Kier alpha value is -2.42. The highest BCUT2D eigenvalue weighted by atomic mass is 16.3. The molecule has 0 heterocycles. The Morgan fingerprint density at radius 2 is 1.58 bits per heavy atom. The van der Waals surface area contributed by atoms with Crippen molar-refractivity contribution in [3.05, 3.63) is 96.6 Å². The molecule has 3 aromatic carbocycles. The highest BCUT2D eigenvalue weighted by Crippen LogP contribution is 2.29. The first-order chi connectivity index (χ1) is 11.8. The van der Waals surface area contributed by atoms with E-state index in [4.69, 9.17) is 0 Å². The summed E-state index contributed by atoms with van der Waals surface area (Å²) in [4.78, 5) is 0. The van der Waals surface area contributed by atoms with Crippen LogP contribution in [-0.4, -0.2) is 11.7 Å². The lowest BCUT2D eigenvalue weighted by Crippen LogP contribution is -2.29. The van der Waals surface area contributed by atoms with Gasteiger partial charge in [-0.3, -0.25) is 0 Å². The van der Waals surface area contributed by atoms with Crippen LogP contribution in [-0.2, 0) is 0 Å². The van der Waals surface area contributed by atoms with E-state index in [-0.39, 0.29) is 18.7 Å². The van der Waals surface area contributed by atoms with Crippen molar-refractivity contribution in [3.8, 4) is 0 Å². The van der Waals surface area contributed by atoms with E-state index in [2.05, 4.69) is 54.4 Å². The number of aliphatic hydroxyl groups is 1. The fraction of sp³-hybridized carbons (Fsp3) is 0.182. The molecular weight excluding hydrogens is 294 g/mol. The van der Waals surface area contributed by atoms with E-state index in [1.165, 1.54) is 16.3 Å². The van der Waals surface area contributed by atoms with Gasteiger partial charge in [-0.1, -0.05) is 78.9 Å². The number of aliphatic hydroxyl groups excluding tert-OH is 1. The van der Waals surface area contributed by atoms with Crippen LogP contribution in [0.3, 0.4) is 0 Å². The quantitative estimate of drug-likeness (QED) is 0.615. The molecule has 0 aliphatic heterocycles. The van der Waals surface area contributed by atoms with Crippen molar-refractivity contribution in [2.75, 3.05) is 6.61 Å². The van der Waals surface area contributed by atoms with E-state index < -0.39 is 0 Å². The molecule has 0 aliphatic carbocycles. The van der Waals surface area contributed by atoms with E-state index in [9.17, 15) is 5.11 Å². The molecule has 0 aliphatic rings. The molecule has 0 saturated carbocycles. The predicted octanol–water partition coefficient (Wildman–Crippen LogP) is 4.78. The lowest BCUT2D eigenvalue weighted by molar-refractivity contribution is 0.233. The van der Waals surface area contributed by atoms with Crippen LogP contribution < -0.4 is 5.32 Å². The average Bonchev–Trinajstić information content (AvgIpc) is 2.65. The standard InChI is InChI=1S/C22H23NO/c1-2-9-21(23-22(16-24)18-11-4-3-5-12-18)20-15-8-13-17-10-6-7-14-19(17)20/h2-8,10-15,21-24H,1,9,16H2/t21-,22+/m1/s1. The van der Waals surface area contributed by atoms with Crippen molar-refractivity contribution in [3.63, 3.8) is 0 Å². The molecule has 3 rings (SSSR count). The van der Waals surface area contributed by atoms with Crippen LogP contribution in [0.2, 0.25) is 0 Å². The fourth-order valence-electron chi connectivity index (χ4n) is 3.19. The highest BCUT2D eigenvalue weighted by molar-refractivity contribution is 5.86. The zero-order chi connectivity index (χ0) is 16.8. The predicted molar refractivity (Wildman–Crippen MR) is 101 cm³/mol. The summed E-state index contributed by atoms with van der Waals surface area (Å²) in [5, 5.41) is 15.9. The SMILES string of the molecule is C=CC[C@@H](N[C@@H](CO)c1ccccc1)c1cccc2ccccc12. The molecule has 0 radical (unpaired) electrons. The van der Waals surface area contributed by atoms with E-state index in [0.29, 0.717) is 0 Å². The smallest absolute Gasteiger partial charge is 0.0626 e. The van der Waals surface area contributed by atoms with E-state index in [1.807, 2.05) is 36.4 Å². The van der Waals surface area contributed by atoms with Gasteiger partial charge >= 0.3 is 0 Å². The summed E-state index contributed by atoms with van der Waals surface area (Å²) >= 11 is 0. The Labute approximate surface area is 143 Å². The second kappa shape index (κ2) is 7.91. The lowest BCUT2D eigenvalue weighted by atomic mass is 9.95. The second-order valence-corrected chi connectivity index (χ2v) is 5.96.